The van der Waals surface area contributed by atoms with E-state index in [4.69, 9.17) is 9.47 Å². The maximum absolute atomic E-state index is 13.4. The van der Waals surface area contributed by atoms with Gasteiger partial charge in [-0.1, -0.05) is 73.7 Å². The SMILES string of the molecule is CCc1cccc2c(-c3ccccc3)c(C(=O)NN=Cc3ccccc3OC(=O)c3cccc(OC)c3)[nH]c12. The van der Waals surface area contributed by atoms with Crippen molar-refractivity contribution in [3.05, 3.63) is 119 Å². The second-order valence-electron chi connectivity index (χ2n) is 8.79. The number of rotatable bonds is 8. The zero-order valence-corrected chi connectivity index (χ0v) is 21.6. The second kappa shape index (κ2) is 11.5. The molecule has 2 N–H and O–H groups in total. The van der Waals surface area contributed by atoms with Crippen LogP contribution in [-0.2, 0) is 6.42 Å². The number of aromatic nitrogens is 1. The van der Waals surface area contributed by atoms with Crippen molar-refractivity contribution in [3.63, 3.8) is 0 Å². The first-order chi connectivity index (χ1) is 19.1. The number of benzene rings is 4. The Morgan fingerprint density at radius 2 is 1.69 bits per heavy atom. The Balaban J connectivity index is 1.40. The maximum Gasteiger partial charge on any atom is 0.343 e. The van der Waals surface area contributed by atoms with E-state index in [1.54, 1.807) is 48.5 Å². The summed E-state index contributed by atoms with van der Waals surface area (Å²) in [5.74, 6) is -0.0447. The van der Waals surface area contributed by atoms with Gasteiger partial charge in [0.2, 0.25) is 0 Å². The number of nitrogens with one attached hydrogen (secondary N) is 2. The molecule has 7 heteroatoms. The molecule has 1 amide bonds. The van der Waals surface area contributed by atoms with Crippen LogP contribution in [0.3, 0.4) is 0 Å². The summed E-state index contributed by atoms with van der Waals surface area (Å²) in [6.45, 7) is 2.08. The van der Waals surface area contributed by atoms with Crippen molar-refractivity contribution in [3.8, 4) is 22.6 Å². The van der Waals surface area contributed by atoms with Gasteiger partial charge in [-0.2, -0.15) is 5.10 Å². The molecule has 0 bridgehead atoms. The normalized spacial score (nSPS) is 11.0. The smallest absolute Gasteiger partial charge is 0.343 e. The highest BCUT2D eigenvalue weighted by Crippen LogP contribution is 2.34. The number of amides is 1. The predicted octanol–water partition coefficient (Wildman–Crippen LogP) is 6.39. The highest BCUT2D eigenvalue weighted by molar-refractivity contribution is 6.10. The highest BCUT2D eigenvalue weighted by Gasteiger charge is 2.20. The van der Waals surface area contributed by atoms with Crippen LogP contribution >= 0.6 is 0 Å². The molecule has 5 rings (SSSR count). The van der Waals surface area contributed by atoms with Crippen LogP contribution < -0.4 is 14.9 Å². The lowest BCUT2D eigenvalue weighted by Gasteiger charge is -2.08. The number of carbonyl (C=O) groups excluding carboxylic acids is 2. The van der Waals surface area contributed by atoms with Gasteiger partial charge < -0.3 is 14.5 Å². The van der Waals surface area contributed by atoms with Crippen molar-refractivity contribution < 1.29 is 19.1 Å². The molecule has 0 saturated heterocycles. The lowest BCUT2D eigenvalue weighted by atomic mass is 10.00. The summed E-state index contributed by atoms with van der Waals surface area (Å²) in [7, 11) is 1.53. The maximum atomic E-state index is 13.4. The monoisotopic (exact) mass is 517 g/mol. The summed E-state index contributed by atoms with van der Waals surface area (Å²) in [6.07, 6.45) is 2.28. The third kappa shape index (κ3) is 5.43. The quantitative estimate of drug-likeness (QED) is 0.108. The molecule has 0 radical (unpaired) electrons. The van der Waals surface area contributed by atoms with E-state index in [1.165, 1.54) is 13.3 Å². The Hall–Kier alpha value is -5.17. The summed E-state index contributed by atoms with van der Waals surface area (Å²) >= 11 is 0. The Kier molecular flexibility index (Phi) is 7.50. The van der Waals surface area contributed by atoms with Crippen LogP contribution in [0.1, 0.15) is 38.9 Å². The molecule has 0 spiro atoms. The fraction of sp³-hybridized carbons (Fsp3) is 0.0938. The number of fused-ring (bicyclic) bond motifs is 1. The fourth-order valence-electron chi connectivity index (χ4n) is 4.45. The molecule has 0 aliphatic carbocycles. The van der Waals surface area contributed by atoms with E-state index in [1.807, 2.05) is 42.5 Å². The number of hydrogen-bond acceptors (Lipinski definition) is 5. The molecule has 39 heavy (non-hydrogen) atoms. The van der Waals surface area contributed by atoms with Crippen molar-refractivity contribution >= 4 is 29.0 Å². The van der Waals surface area contributed by atoms with Crippen LogP contribution in [0.5, 0.6) is 11.5 Å². The van der Waals surface area contributed by atoms with E-state index in [0.29, 0.717) is 28.3 Å². The number of hydrazone groups is 1. The van der Waals surface area contributed by atoms with E-state index in [0.717, 1.165) is 34.0 Å². The van der Waals surface area contributed by atoms with Gasteiger partial charge in [-0.05, 0) is 47.9 Å². The number of ether oxygens (including phenoxy) is 2. The van der Waals surface area contributed by atoms with Crippen LogP contribution in [0.25, 0.3) is 22.0 Å². The van der Waals surface area contributed by atoms with Crippen LogP contribution in [0, 0.1) is 0 Å². The van der Waals surface area contributed by atoms with Gasteiger partial charge in [0.15, 0.2) is 0 Å². The fourth-order valence-corrected chi connectivity index (χ4v) is 4.45. The number of nitrogens with zero attached hydrogens (tertiary/aromatic N) is 1. The first-order valence-corrected chi connectivity index (χ1v) is 12.6. The van der Waals surface area contributed by atoms with Gasteiger partial charge >= 0.3 is 5.97 Å². The largest absolute Gasteiger partial charge is 0.497 e. The molecular weight excluding hydrogens is 490 g/mol. The topological polar surface area (TPSA) is 92.8 Å². The van der Waals surface area contributed by atoms with Crippen molar-refractivity contribution in [2.75, 3.05) is 7.11 Å². The predicted molar refractivity (Wildman–Crippen MR) is 153 cm³/mol. The molecular formula is C32H27N3O4. The van der Waals surface area contributed by atoms with E-state index in [9.17, 15) is 9.59 Å². The highest BCUT2D eigenvalue weighted by atomic mass is 16.5. The van der Waals surface area contributed by atoms with Gasteiger partial charge in [0.25, 0.3) is 5.91 Å². The summed E-state index contributed by atoms with van der Waals surface area (Å²) in [4.78, 5) is 29.4. The Morgan fingerprint density at radius 1 is 0.923 bits per heavy atom. The zero-order chi connectivity index (χ0) is 27.2. The third-order valence-corrected chi connectivity index (χ3v) is 6.39. The molecule has 194 valence electrons. The van der Waals surface area contributed by atoms with Crippen LogP contribution in [0.2, 0.25) is 0 Å². The number of H-pyrrole nitrogens is 1. The van der Waals surface area contributed by atoms with E-state index >= 15 is 0 Å². The van der Waals surface area contributed by atoms with Crippen LogP contribution in [0.15, 0.2) is 102 Å². The number of esters is 1. The number of para-hydroxylation sites is 2. The van der Waals surface area contributed by atoms with Gasteiger partial charge in [0.1, 0.15) is 17.2 Å². The summed E-state index contributed by atoms with van der Waals surface area (Å²) in [6, 6.07) is 29.6. The number of aryl methyl sites for hydroxylation is 1. The van der Waals surface area contributed by atoms with Crippen LogP contribution in [-0.4, -0.2) is 30.2 Å². The molecule has 5 aromatic rings. The van der Waals surface area contributed by atoms with E-state index in [2.05, 4.69) is 28.5 Å². The number of methoxy groups -OCH3 is 1. The molecule has 0 aliphatic rings. The molecule has 0 aliphatic heterocycles. The van der Waals surface area contributed by atoms with Crippen molar-refractivity contribution in [2.24, 2.45) is 5.10 Å². The van der Waals surface area contributed by atoms with Gasteiger partial charge in [0, 0.05) is 22.0 Å². The first-order valence-electron chi connectivity index (χ1n) is 12.6. The Morgan fingerprint density at radius 3 is 2.49 bits per heavy atom. The molecule has 4 aromatic carbocycles. The summed E-state index contributed by atoms with van der Waals surface area (Å²) < 4.78 is 10.8. The number of aromatic amines is 1. The lowest BCUT2D eigenvalue weighted by molar-refractivity contribution is 0.0733. The van der Waals surface area contributed by atoms with Crippen LogP contribution in [0.4, 0.5) is 0 Å². The van der Waals surface area contributed by atoms with E-state index in [-0.39, 0.29) is 5.91 Å². The average Bonchev–Trinajstić information content (AvgIpc) is 3.38. The summed E-state index contributed by atoms with van der Waals surface area (Å²) in [5, 5.41) is 5.15. The van der Waals surface area contributed by atoms with Crippen molar-refractivity contribution in [1.29, 1.82) is 0 Å². The van der Waals surface area contributed by atoms with Crippen molar-refractivity contribution in [1.82, 2.24) is 10.4 Å². The minimum atomic E-state index is -0.531. The number of hydrogen-bond donors (Lipinski definition) is 2. The lowest BCUT2D eigenvalue weighted by Crippen LogP contribution is -2.19. The molecule has 7 nitrogen and oxygen atoms in total. The van der Waals surface area contributed by atoms with Crippen molar-refractivity contribution in [2.45, 2.75) is 13.3 Å². The summed E-state index contributed by atoms with van der Waals surface area (Å²) in [5.41, 5.74) is 7.74. The molecule has 0 saturated carbocycles. The van der Waals surface area contributed by atoms with E-state index < -0.39 is 5.97 Å². The number of carbonyl (C=O) groups is 2. The second-order valence-corrected chi connectivity index (χ2v) is 8.79. The Labute approximate surface area is 226 Å². The molecule has 1 aromatic heterocycles. The first kappa shape index (κ1) is 25.5. The minimum absolute atomic E-state index is 0.312. The molecule has 1 heterocycles. The zero-order valence-electron chi connectivity index (χ0n) is 21.6. The molecule has 0 fully saturated rings. The van der Waals surface area contributed by atoms with Gasteiger partial charge in [-0.15, -0.1) is 0 Å². The standard InChI is InChI=1S/C32H27N3O4/c1-3-21-14-10-17-26-28(22-11-5-4-6-12-22)30(34-29(21)26)31(36)35-33-20-24-13-7-8-18-27(24)39-32(37)23-15-9-16-25(19-23)38-2/h4-20,34H,3H2,1-2H3,(H,35,36). The third-order valence-electron chi connectivity index (χ3n) is 6.39. The average molecular weight is 518 g/mol. The molecule has 0 unspecified atom stereocenters. The molecule has 0 atom stereocenters. The minimum Gasteiger partial charge on any atom is -0.497 e. The van der Waals surface area contributed by atoms with Gasteiger partial charge in [-0.3, -0.25) is 4.79 Å². The van der Waals surface area contributed by atoms with Gasteiger partial charge in [-0.25, -0.2) is 10.2 Å². The Bertz CT molecular complexity index is 1670. The van der Waals surface area contributed by atoms with Gasteiger partial charge in [0.05, 0.1) is 18.9 Å².